The number of nitrogens with zero attached hydrogens (tertiary/aromatic N) is 2. The van der Waals surface area contributed by atoms with Gasteiger partial charge in [-0.25, -0.2) is 0 Å². The average Bonchev–Trinajstić information content (AvgIpc) is 2.78. The smallest absolute Gasteiger partial charge is 0.222 e. The van der Waals surface area contributed by atoms with Gasteiger partial charge in [0.15, 0.2) is 0 Å². The molecule has 1 unspecified atom stereocenters. The topological polar surface area (TPSA) is 45.2 Å². The Balaban J connectivity index is 1.78. The molecular weight excluding hydrogens is 246 g/mol. The molecule has 1 atom stereocenters. The van der Waals surface area contributed by atoms with Gasteiger partial charge in [-0.1, -0.05) is 12.1 Å². The molecule has 4 nitrogen and oxygen atoms in total. The highest BCUT2D eigenvalue weighted by molar-refractivity contribution is 7.11. The predicted molar refractivity (Wildman–Crippen MR) is 73.9 cm³/mol. The number of aromatic nitrogens is 1. The lowest BCUT2D eigenvalue weighted by atomic mass is 10.1. The van der Waals surface area contributed by atoms with Crippen molar-refractivity contribution in [2.75, 3.05) is 18.9 Å². The van der Waals surface area contributed by atoms with E-state index < -0.39 is 0 Å². The van der Waals surface area contributed by atoms with Gasteiger partial charge in [0.05, 0.1) is 5.52 Å². The number of carbonyl (C=O) groups is 1. The van der Waals surface area contributed by atoms with E-state index in [1.807, 2.05) is 25.2 Å². The molecule has 1 aromatic heterocycles. The molecule has 2 aromatic rings. The summed E-state index contributed by atoms with van der Waals surface area (Å²) in [5, 5.41) is 5.80. The molecule has 1 saturated heterocycles. The van der Waals surface area contributed by atoms with Crippen LogP contribution in [0, 0.1) is 0 Å². The van der Waals surface area contributed by atoms with Crippen molar-refractivity contribution in [3.63, 3.8) is 0 Å². The van der Waals surface area contributed by atoms with E-state index in [0.29, 0.717) is 12.5 Å². The Morgan fingerprint density at radius 1 is 1.44 bits per heavy atom. The van der Waals surface area contributed by atoms with Gasteiger partial charge >= 0.3 is 0 Å². The Labute approximate surface area is 110 Å². The van der Waals surface area contributed by atoms with Crippen LogP contribution in [0.2, 0.25) is 0 Å². The normalized spacial score (nSPS) is 20.4. The number of fused-ring (bicyclic) bond motifs is 1. The minimum atomic E-state index is 0.238. The second-order valence-electron chi connectivity index (χ2n) is 4.68. The summed E-state index contributed by atoms with van der Waals surface area (Å²) in [6.07, 6.45) is 1.53. The Morgan fingerprint density at radius 2 is 2.28 bits per heavy atom. The highest BCUT2D eigenvalue weighted by atomic mass is 32.1. The van der Waals surface area contributed by atoms with E-state index >= 15 is 0 Å². The van der Waals surface area contributed by atoms with Crippen molar-refractivity contribution < 1.29 is 4.79 Å². The molecule has 3 rings (SSSR count). The number of likely N-dealkylation sites (N-methyl/N-ethyl adjacent to an activating group) is 1. The fraction of sp³-hybridized carbons (Fsp3) is 0.385. The molecule has 1 aliphatic heterocycles. The van der Waals surface area contributed by atoms with Crippen LogP contribution in [0.15, 0.2) is 24.3 Å². The lowest BCUT2D eigenvalue weighted by molar-refractivity contribution is -0.132. The minimum Gasteiger partial charge on any atom is -0.371 e. The monoisotopic (exact) mass is 261 g/mol. The maximum atomic E-state index is 11.4. The van der Waals surface area contributed by atoms with Crippen LogP contribution in [-0.4, -0.2) is 34.8 Å². The summed E-state index contributed by atoms with van der Waals surface area (Å²) in [5.41, 5.74) is 1.03. The van der Waals surface area contributed by atoms with E-state index in [9.17, 15) is 4.79 Å². The number of amides is 1. The van der Waals surface area contributed by atoms with Crippen LogP contribution in [0.4, 0.5) is 5.00 Å². The highest BCUT2D eigenvalue weighted by Gasteiger charge is 2.23. The lowest BCUT2D eigenvalue weighted by Crippen LogP contribution is -2.43. The Hall–Kier alpha value is -1.62. The van der Waals surface area contributed by atoms with E-state index in [-0.39, 0.29) is 5.91 Å². The zero-order chi connectivity index (χ0) is 12.5. The fourth-order valence-electron chi connectivity index (χ4n) is 2.31. The number of hydrogen-bond acceptors (Lipinski definition) is 4. The number of piperidine rings is 1. The fourth-order valence-corrected chi connectivity index (χ4v) is 3.15. The van der Waals surface area contributed by atoms with Gasteiger partial charge in [-0.15, -0.1) is 0 Å². The van der Waals surface area contributed by atoms with Gasteiger partial charge in [-0.3, -0.25) is 4.79 Å². The number of nitrogens with one attached hydrogen (secondary N) is 1. The molecule has 1 fully saturated rings. The first-order valence-corrected chi connectivity index (χ1v) is 6.86. The molecule has 1 aromatic carbocycles. The number of carbonyl (C=O) groups excluding carboxylic acids is 1. The van der Waals surface area contributed by atoms with E-state index in [4.69, 9.17) is 0 Å². The molecule has 0 radical (unpaired) electrons. The second kappa shape index (κ2) is 4.57. The third-order valence-corrected chi connectivity index (χ3v) is 4.15. The van der Waals surface area contributed by atoms with E-state index in [1.54, 1.807) is 4.90 Å². The number of hydrogen-bond donors (Lipinski definition) is 1. The van der Waals surface area contributed by atoms with Crippen LogP contribution in [0.1, 0.15) is 12.8 Å². The zero-order valence-electron chi connectivity index (χ0n) is 10.2. The molecule has 1 aliphatic rings. The van der Waals surface area contributed by atoms with Crippen LogP contribution >= 0.6 is 11.5 Å². The number of rotatable bonds is 2. The largest absolute Gasteiger partial charge is 0.371 e. The van der Waals surface area contributed by atoms with E-state index in [2.05, 4.69) is 15.8 Å². The van der Waals surface area contributed by atoms with Crippen LogP contribution in [-0.2, 0) is 4.79 Å². The molecule has 5 heteroatoms. The summed E-state index contributed by atoms with van der Waals surface area (Å²) < 4.78 is 4.42. The third-order valence-electron chi connectivity index (χ3n) is 3.35. The first-order valence-electron chi connectivity index (χ1n) is 6.09. The van der Waals surface area contributed by atoms with Crippen molar-refractivity contribution in [2.24, 2.45) is 0 Å². The third kappa shape index (κ3) is 2.06. The molecule has 18 heavy (non-hydrogen) atoms. The predicted octanol–water partition coefficient (Wildman–Crippen LogP) is 2.33. The molecular formula is C13H15N3OS. The van der Waals surface area contributed by atoms with Crippen molar-refractivity contribution in [1.29, 1.82) is 0 Å². The first-order chi connectivity index (χ1) is 8.74. The summed E-state index contributed by atoms with van der Waals surface area (Å²) >= 11 is 1.49. The summed E-state index contributed by atoms with van der Waals surface area (Å²) in [7, 11) is 1.86. The highest BCUT2D eigenvalue weighted by Crippen LogP contribution is 2.29. The van der Waals surface area contributed by atoms with Gasteiger partial charge in [0, 0.05) is 31.4 Å². The van der Waals surface area contributed by atoms with Gasteiger partial charge in [-0.05, 0) is 30.1 Å². The summed E-state index contributed by atoms with van der Waals surface area (Å²) in [6.45, 7) is 0.769. The quantitative estimate of drug-likeness (QED) is 0.902. The van der Waals surface area contributed by atoms with Crippen molar-refractivity contribution in [3.05, 3.63) is 24.3 Å². The van der Waals surface area contributed by atoms with Crippen LogP contribution in [0.5, 0.6) is 0 Å². The van der Waals surface area contributed by atoms with Gasteiger partial charge in [0.2, 0.25) is 5.91 Å². The van der Waals surface area contributed by atoms with Crippen LogP contribution in [0.3, 0.4) is 0 Å². The zero-order valence-corrected chi connectivity index (χ0v) is 11.0. The Kier molecular flexibility index (Phi) is 2.91. The molecule has 1 N–H and O–H groups in total. The lowest BCUT2D eigenvalue weighted by Gasteiger charge is -2.30. The summed E-state index contributed by atoms with van der Waals surface area (Å²) in [6, 6.07) is 8.46. The number of likely N-dealkylation sites (tertiary alicyclic amines) is 1. The molecule has 0 aliphatic carbocycles. The molecule has 2 heterocycles. The van der Waals surface area contributed by atoms with Crippen molar-refractivity contribution in [1.82, 2.24) is 9.27 Å². The summed E-state index contributed by atoms with van der Waals surface area (Å²) in [4.78, 5) is 13.2. The second-order valence-corrected chi connectivity index (χ2v) is 5.46. The van der Waals surface area contributed by atoms with Crippen molar-refractivity contribution >= 4 is 33.3 Å². The number of anilines is 1. The van der Waals surface area contributed by atoms with Crippen molar-refractivity contribution in [2.45, 2.75) is 18.9 Å². The van der Waals surface area contributed by atoms with Gasteiger partial charge in [-0.2, -0.15) is 4.37 Å². The van der Waals surface area contributed by atoms with E-state index in [1.165, 1.54) is 16.9 Å². The molecule has 0 bridgehead atoms. The molecule has 1 amide bonds. The Bertz CT molecular complexity index is 580. The number of benzene rings is 1. The average molecular weight is 261 g/mol. The first kappa shape index (κ1) is 11.5. The maximum absolute atomic E-state index is 11.4. The standard InChI is InChI=1S/C13H15N3OS/c1-16-8-9(6-7-12(16)17)14-13-10-4-2-3-5-11(10)15-18-13/h2-5,9,14H,6-8H2,1H3. The minimum absolute atomic E-state index is 0.238. The maximum Gasteiger partial charge on any atom is 0.222 e. The van der Waals surface area contributed by atoms with E-state index in [0.717, 1.165) is 23.5 Å². The van der Waals surface area contributed by atoms with Crippen LogP contribution < -0.4 is 5.32 Å². The molecule has 94 valence electrons. The van der Waals surface area contributed by atoms with Crippen molar-refractivity contribution in [3.8, 4) is 0 Å². The van der Waals surface area contributed by atoms with Gasteiger partial charge < -0.3 is 10.2 Å². The molecule has 0 saturated carbocycles. The molecule has 0 spiro atoms. The van der Waals surface area contributed by atoms with Gasteiger partial charge in [0.1, 0.15) is 5.00 Å². The SMILES string of the molecule is CN1CC(Nc2snc3ccccc23)CCC1=O. The Morgan fingerprint density at radius 3 is 3.11 bits per heavy atom. The summed E-state index contributed by atoms with van der Waals surface area (Å²) in [5.74, 6) is 0.238. The van der Waals surface area contributed by atoms with Gasteiger partial charge in [0.25, 0.3) is 0 Å². The van der Waals surface area contributed by atoms with Crippen LogP contribution in [0.25, 0.3) is 10.9 Å².